The monoisotopic (exact) mass is 297 g/mol. The topological polar surface area (TPSA) is 42.4 Å². The van der Waals surface area contributed by atoms with E-state index in [2.05, 4.69) is 18.8 Å². The highest BCUT2D eigenvalue weighted by Crippen LogP contribution is 2.27. The summed E-state index contributed by atoms with van der Waals surface area (Å²) in [6, 6.07) is 5.27. The Morgan fingerprint density at radius 1 is 1.42 bits per heavy atom. The molecule has 0 aliphatic heterocycles. The summed E-state index contributed by atoms with van der Waals surface area (Å²) in [5, 5.41) is 12.6. The largest absolute Gasteiger partial charge is 0.486 e. The molecule has 102 valence electrons. The van der Waals surface area contributed by atoms with E-state index in [4.69, 9.17) is 21.4 Å². The molecule has 0 saturated heterocycles. The molecule has 1 aromatic heterocycles. The lowest BCUT2D eigenvalue weighted by Gasteiger charge is -2.07. The molecule has 1 N–H and O–H groups in total. The van der Waals surface area contributed by atoms with Crippen LogP contribution in [-0.4, -0.2) is 10.1 Å². The SMILES string of the molecule is CC(C)c1nc(COc2ccc(CO)cc2Cl)cs1. The van der Waals surface area contributed by atoms with E-state index in [1.807, 2.05) is 5.38 Å². The molecule has 0 saturated carbocycles. The van der Waals surface area contributed by atoms with Gasteiger partial charge in [-0.25, -0.2) is 4.98 Å². The van der Waals surface area contributed by atoms with E-state index >= 15 is 0 Å². The molecule has 0 amide bonds. The van der Waals surface area contributed by atoms with Gasteiger partial charge in [0.2, 0.25) is 0 Å². The molecule has 0 aliphatic rings. The third kappa shape index (κ3) is 3.69. The molecule has 0 aliphatic carbocycles. The van der Waals surface area contributed by atoms with Gasteiger partial charge in [-0.15, -0.1) is 11.3 Å². The third-order valence-electron chi connectivity index (χ3n) is 2.62. The summed E-state index contributed by atoms with van der Waals surface area (Å²) in [4.78, 5) is 4.50. The van der Waals surface area contributed by atoms with Crippen LogP contribution in [-0.2, 0) is 13.2 Å². The first-order valence-electron chi connectivity index (χ1n) is 6.06. The van der Waals surface area contributed by atoms with Crippen molar-refractivity contribution >= 4 is 22.9 Å². The van der Waals surface area contributed by atoms with Gasteiger partial charge in [-0.2, -0.15) is 0 Å². The summed E-state index contributed by atoms with van der Waals surface area (Å²) in [6.45, 7) is 4.62. The maximum Gasteiger partial charge on any atom is 0.138 e. The molecule has 1 heterocycles. The summed E-state index contributed by atoms with van der Waals surface area (Å²) in [5.74, 6) is 1.05. The molecular weight excluding hydrogens is 282 g/mol. The van der Waals surface area contributed by atoms with E-state index in [0.717, 1.165) is 16.3 Å². The van der Waals surface area contributed by atoms with Gasteiger partial charge in [0.1, 0.15) is 12.4 Å². The molecule has 19 heavy (non-hydrogen) atoms. The normalized spacial score (nSPS) is 11.0. The summed E-state index contributed by atoms with van der Waals surface area (Å²) in [5.41, 5.74) is 1.68. The van der Waals surface area contributed by atoms with Crippen molar-refractivity contribution in [2.45, 2.75) is 33.0 Å². The maximum atomic E-state index is 9.01. The van der Waals surface area contributed by atoms with Crippen molar-refractivity contribution in [2.75, 3.05) is 0 Å². The highest BCUT2D eigenvalue weighted by atomic mass is 35.5. The van der Waals surface area contributed by atoms with Gasteiger partial charge in [-0.05, 0) is 17.7 Å². The highest BCUT2D eigenvalue weighted by Gasteiger charge is 2.08. The van der Waals surface area contributed by atoms with Crippen LogP contribution in [0.4, 0.5) is 0 Å². The molecule has 2 rings (SSSR count). The fourth-order valence-electron chi connectivity index (χ4n) is 1.57. The van der Waals surface area contributed by atoms with E-state index in [0.29, 0.717) is 23.3 Å². The number of rotatable bonds is 5. The van der Waals surface area contributed by atoms with Gasteiger partial charge >= 0.3 is 0 Å². The first-order chi connectivity index (χ1) is 9.10. The number of nitrogens with zero attached hydrogens (tertiary/aromatic N) is 1. The van der Waals surface area contributed by atoms with E-state index < -0.39 is 0 Å². The number of thiazole rings is 1. The van der Waals surface area contributed by atoms with Crippen molar-refractivity contribution < 1.29 is 9.84 Å². The minimum absolute atomic E-state index is 0.0240. The second-order valence-electron chi connectivity index (χ2n) is 4.54. The van der Waals surface area contributed by atoms with E-state index in [-0.39, 0.29) is 6.61 Å². The molecule has 0 unspecified atom stereocenters. The number of aliphatic hydroxyl groups is 1. The van der Waals surface area contributed by atoms with Crippen molar-refractivity contribution in [1.29, 1.82) is 0 Å². The molecule has 0 fully saturated rings. The van der Waals surface area contributed by atoms with Crippen LogP contribution < -0.4 is 4.74 Å². The van der Waals surface area contributed by atoms with Crippen molar-refractivity contribution in [3.8, 4) is 5.75 Å². The van der Waals surface area contributed by atoms with Crippen LogP contribution in [0.3, 0.4) is 0 Å². The van der Waals surface area contributed by atoms with Crippen LogP contribution in [0.25, 0.3) is 0 Å². The zero-order chi connectivity index (χ0) is 13.8. The Labute approximate surface area is 121 Å². The van der Waals surface area contributed by atoms with Crippen molar-refractivity contribution in [1.82, 2.24) is 4.98 Å². The Hall–Kier alpha value is -1.10. The van der Waals surface area contributed by atoms with Crippen molar-refractivity contribution in [3.05, 3.63) is 44.9 Å². The number of halogens is 1. The first kappa shape index (κ1) is 14.3. The fraction of sp³-hybridized carbons (Fsp3) is 0.357. The maximum absolute atomic E-state index is 9.01. The van der Waals surface area contributed by atoms with Crippen molar-refractivity contribution in [2.24, 2.45) is 0 Å². The molecule has 0 spiro atoms. The van der Waals surface area contributed by atoms with Gasteiger partial charge in [0.05, 0.1) is 22.3 Å². The molecular formula is C14H16ClNO2S. The van der Waals surface area contributed by atoms with Crippen LogP contribution >= 0.6 is 22.9 Å². The zero-order valence-electron chi connectivity index (χ0n) is 10.9. The quantitative estimate of drug-likeness (QED) is 0.907. The molecule has 0 bridgehead atoms. The zero-order valence-corrected chi connectivity index (χ0v) is 12.5. The number of aliphatic hydroxyl groups excluding tert-OH is 1. The minimum Gasteiger partial charge on any atom is -0.486 e. The predicted octanol–water partition coefficient (Wildman–Crippen LogP) is 3.99. The molecule has 5 heteroatoms. The Morgan fingerprint density at radius 3 is 2.79 bits per heavy atom. The fourth-order valence-corrected chi connectivity index (χ4v) is 2.64. The number of hydrogen-bond donors (Lipinski definition) is 1. The highest BCUT2D eigenvalue weighted by molar-refractivity contribution is 7.09. The van der Waals surface area contributed by atoms with Crippen LogP contribution in [0, 0.1) is 0 Å². The number of hydrogen-bond acceptors (Lipinski definition) is 4. The standard InChI is InChI=1S/C14H16ClNO2S/c1-9(2)14-16-11(8-19-14)7-18-13-4-3-10(6-17)5-12(13)15/h3-5,8-9,17H,6-7H2,1-2H3. The van der Waals surface area contributed by atoms with Crippen LogP contribution in [0.1, 0.15) is 36.0 Å². The summed E-state index contributed by atoms with van der Waals surface area (Å²) in [6.07, 6.45) is 0. The first-order valence-corrected chi connectivity index (χ1v) is 7.32. The van der Waals surface area contributed by atoms with E-state index in [9.17, 15) is 0 Å². The lowest BCUT2D eigenvalue weighted by atomic mass is 10.2. The van der Waals surface area contributed by atoms with Gasteiger partial charge in [-0.3, -0.25) is 0 Å². The van der Waals surface area contributed by atoms with E-state index in [1.165, 1.54) is 0 Å². The van der Waals surface area contributed by atoms with Crippen molar-refractivity contribution in [3.63, 3.8) is 0 Å². The Kier molecular flexibility index (Phi) is 4.80. The van der Waals surface area contributed by atoms with E-state index in [1.54, 1.807) is 29.5 Å². The number of aromatic nitrogens is 1. The van der Waals surface area contributed by atoms with Crippen LogP contribution in [0.2, 0.25) is 5.02 Å². The Balaban J connectivity index is 2.01. The lowest BCUT2D eigenvalue weighted by Crippen LogP contribution is -1.97. The van der Waals surface area contributed by atoms with Crippen LogP contribution in [0.5, 0.6) is 5.75 Å². The molecule has 2 aromatic rings. The van der Waals surface area contributed by atoms with Gasteiger partial charge < -0.3 is 9.84 Å². The smallest absolute Gasteiger partial charge is 0.138 e. The van der Waals surface area contributed by atoms with Crippen LogP contribution in [0.15, 0.2) is 23.6 Å². The van der Waals surface area contributed by atoms with Gasteiger partial charge in [0.25, 0.3) is 0 Å². The average molecular weight is 298 g/mol. The Morgan fingerprint density at radius 2 is 2.21 bits per heavy atom. The molecule has 1 aromatic carbocycles. The van der Waals surface area contributed by atoms with Gasteiger partial charge in [-0.1, -0.05) is 31.5 Å². The number of benzene rings is 1. The predicted molar refractivity (Wildman–Crippen MR) is 77.9 cm³/mol. The summed E-state index contributed by atoms with van der Waals surface area (Å²) >= 11 is 7.72. The number of ether oxygens (including phenoxy) is 1. The Bertz CT molecular complexity index is 554. The van der Waals surface area contributed by atoms with Gasteiger partial charge in [0, 0.05) is 11.3 Å². The van der Waals surface area contributed by atoms with Gasteiger partial charge in [0.15, 0.2) is 0 Å². The summed E-state index contributed by atoms with van der Waals surface area (Å²) < 4.78 is 5.65. The molecule has 3 nitrogen and oxygen atoms in total. The second-order valence-corrected chi connectivity index (χ2v) is 5.84. The molecule has 0 radical (unpaired) electrons. The second kappa shape index (κ2) is 6.37. The summed E-state index contributed by atoms with van der Waals surface area (Å²) in [7, 11) is 0. The third-order valence-corrected chi connectivity index (χ3v) is 4.11. The minimum atomic E-state index is -0.0240. The molecule has 0 atom stereocenters. The lowest BCUT2D eigenvalue weighted by molar-refractivity contribution is 0.280. The average Bonchev–Trinajstić information content (AvgIpc) is 2.86.